The van der Waals surface area contributed by atoms with E-state index in [1.54, 1.807) is 7.11 Å². The Hall–Kier alpha value is -3.11. The highest BCUT2D eigenvalue weighted by Gasteiger charge is 2.20. The van der Waals surface area contributed by atoms with Gasteiger partial charge in [-0.15, -0.1) is 0 Å². The summed E-state index contributed by atoms with van der Waals surface area (Å²) in [7, 11) is 5.71. The second-order valence-electron chi connectivity index (χ2n) is 7.64. The molecule has 3 aromatic rings. The molecular formula is C26H30N2O2. The standard InChI is InChI=1S/C26H30N2O2/c1-28(2)25(22-15-10-16-23(17-22)30-3)19-27-26(29)18-24(20-11-6-4-7-12-20)21-13-8-5-9-14-21/h4-17,24-25H,18-19H2,1-3H3,(H,27,29)/t25-/m1/s1. The Bertz CT molecular complexity index is 887. The monoisotopic (exact) mass is 402 g/mol. The molecule has 0 bridgehead atoms. The first kappa shape index (κ1) is 21.6. The summed E-state index contributed by atoms with van der Waals surface area (Å²) in [6, 6.07) is 28.5. The Balaban J connectivity index is 1.71. The van der Waals surface area contributed by atoms with Crippen LogP contribution in [0.4, 0.5) is 0 Å². The van der Waals surface area contributed by atoms with Crippen LogP contribution < -0.4 is 10.1 Å². The minimum Gasteiger partial charge on any atom is -0.497 e. The van der Waals surface area contributed by atoms with Crippen LogP contribution in [0.5, 0.6) is 5.75 Å². The maximum absolute atomic E-state index is 12.9. The number of rotatable bonds is 9. The Morgan fingerprint density at radius 2 is 1.43 bits per heavy atom. The van der Waals surface area contributed by atoms with Gasteiger partial charge in [-0.3, -0.25) is 4.79 Å². The molecule has 0 saturated carbocycles. The van der Waals surface area contributed by atoms with E-state index in [9.17, 15) is 4.79 Å². The normalized spacial score (nSPS) is 12.0. The van der Waals surface area contributed by atoms with Crippen LogP contribution in [0.2, 0.25) is 0 Å². The maximum atomic E-state index is 12.9. The van der Waals surface area contributed by atoms with Crippen LogP contribution >= 0.6 is 0 Å². The van der Waals surface area contributed by atoms with Crippen molar-refractivity contribution in [3.05, 3.63) is 102 Å². The predicted molar refractivity (Wildman–Crippen MR) is 122 cm³/mol. The van der Waals surface area contributed by atoms with Gasteiger partial charge in [0.25, 0.3) is 0 Å². The number of likely N-dealkylation sites (N-methyl/N-ethyl adjacent to an activating group) is 1. The van der Waals surface area contributed by atoms with Gasteiger partial charge in [0.05, 0.1) is 13.2 Å². The van der Waals surface area contributed by atoms with Crippen molar-refractivity contribution < 1.29 is 9.53 Å². The number of nitrogens with one attached hydrogen (secondary N) is 1. The number of benzene rings is 3. The van der Waals surface area contributed by atoms with E-state index in [4.69, 9.17) is 4.74 Å². The van der Waals surface area contributed by atoms with Gasteiger partial charge < -0.3 is 15.0 Å². The van der Waals surface area contributed by atoms with Crippen molar-refractivity contribution in [3.8, 4) is 5.75 Å². The van der Waals surface area contributed by atoms with Crippen LogP contribution in [0.15, 0.2) is 84.9 Å². The first-order valence-electron chi connectivity index (χ1n) is 10.3. The van der Waals surface area contributed by atoms with Gasteiger partial charge in [0.2, 0.25) is 5.91 Å². The van der Waals surface area contributed by atoms with Crippen molar-refractivity contribution in [2.75, 3.05) is 27.7 Å². The van der Waals surface area contributed by atoms with Gasteiger partial charge in [-0.2, -0.15) is 0 Å². The zero-order valence-electron chi connectivity index (χ0n) is 17.9. The summed E-state index contributed by atoms with van der Waals surface area (Å²) >= 11 is 0. The maximum Gasteiger partial charge on any atom is 0.221 e. The molecule has 0 aliphatic heterocycles. The zero-order chi connectivity index (χ0) is 21.3. The van der Waals surface area contributed by atoms with E-state index >= 15 is 0 Å². The fourth-order valence-electron chi connectivity index (χ4n) is 3.71. The van der Waals surface area contributed by atoms with Crippen molar-refractivity contribution in [1.29, 1.82) is 0 Å². The molecule has 0 fully saturated rings. The van der Waals surface area contributed by atoms with Crippen molar-refractivity contribution in [2.24, 2.45) is 0 Å². The highest BCUT2D eigenvalue weighted by molar-refractivity contribution is 5.77. The fourth-order valence-corrected chi connectivity index (χ4v) is 3.71. The Morgan fingerprint density at radius 3 is 1.97 bits per heavy atom. The molecule has 3 rings (SSSR count). The van der Waals surface area contributed by atoms with Crippen LogP contribution in [-0.4, -0.2) is 38.6 Å². The molecule has 0 aromatic heterocycles. The molecule has 1 amide bonds. The largest absolute Gasteiger partial charge is 0.497 e. The molecule has 4 heteroatoms. The van der Waals surface area contributed by atoms with E-state index in [0.29, 0.717) is 13.0 Å². The van der Waals surface area contributed by atoms with Gasteiger partial charge in [-0.1, -0.05) is 72.8 Å². The predicted octanol–water partition coefficient (Wildman–Crippen LogP) is 4.64. The number of hydrogen-bond donors (Lipinski definition) is 1. The molecule has 30 heavy (non-hydrogen) atoms. The lowest BCUT2D eigenvalue weighted by Gasteiger charge is -2.26. The third-order valence-electron chi connectivity index (χ3n) is 5.39. The van der Waals surface area contributed by atoms with Gasteiger partial charge in [-0.05, 0) is 42.9 Å². The van der Waals surface area contributed by atoms with Crippen molar-refractivity contribution in [3.63, 3.8) is 0 Å². The number of amides is 1. The van der Waals surface area contributed by atoms with Crippen LogP contribution in [0.25, 0.3) is 0 Å². The molecule has 1 N–H and O–H groups in total. The van der Waals surface area contributed by atoms with Gasteiger partial charge >= 0.3 is 0 Å². The van der Waals surface area contributed by atoms with Crippen molar-refractivity contribution in [1.82, 2.24) is 10.2 Å². The number of carbonyl (C=O) groups excluding carboxylic acids is 1. The van der Waals surface area contributed by atoms with Crippen LogP contribution in [0, 0.1) is 0 Å². The second-order valence-corrected chi connectivity index (χ2v) is 7.64. The number of methoxy groups -OCH3 is 1. The number of carbonyl (C=O) groups is 1. The molecule has 3 aromatic carbocycles. The van der Waals surface area contributed by atoms with E-state index in [1.165, 1.54) is 0 Å². The van der Waals surface area contributed by atoms with Crippen LogP contribution in [0.1, 0.15) is 35.1 Å². The fraction of sp³-hybridized carbons (Fsp3) is 0.269. The van der Waals surface area contributed by atoms with Crippen molar-refractivity contribution in [2.45, 2.75) is 18.4 Å². The molecule has 4 nitrogen and oxygen atoms in total. The first-order valence-corrected chi connectivity index (χ1v) is 10.3. The lowest BCUT2D eigenvalue weighted by molar-refractivity contribution is -0.121. The molecule has 0 unspecified atom stereocenters. The van der Waals surface area contributed by atoms with E-state index in [1.807, 2.05) is 68.7 Å². The SMILES string of the molecule is COc1cccc([C@@H](CNC(=O)CC(c2ccccc2)c2ccccc2)N(C)C)c1. The zero-order valence-corrected chi connectivity index (χ0v) is 17.9. The van der Waals surface area contributed by atoms with Crippen molar-refractivity contribution >= 4 is 5.91 Å². The molecule has 0 spiro atoms. The second kappa shape index (κ2) is 10.6. The quantitative estimate of drug-likeness (QED) is 0.567. The Labute approximate surface area is 179 Å². The van der Waals surface area contributed by atoms with Gasteiger partial charge in [0, 0.05) is 18.9 Å². The summed E-state index contributed by atoms with van der Waals surface area (Å²) < 4.78 is 5.36. The van der Waals surface area contributed by atoms with E-state index in [-0.39, 0.29) is 17.9 Å². The molecule has 0 aliphatic carbocycles. The van der Waals surface area contributed by atoms with E-state index in [2.05, 4.69) is 40.5 Å². The number of hydrogen-bond acceptors (Lipinski definition) is 3. The molecule has 0 heterocycles. The molecule has 0 aliphatic rings. The molecule has 0 radical (unpaired) electrons. The van der Waals surface area contributed by atoms with Gasteiger partial charge in [-0.25, -0.2) is 0 Å². The minimum atomic E-state index is 0.0297. The third-order valence-corrected chi connectivity index (χ3v) is 5.39. The summed E-state index contributed by atoms with van der Waals surface area (Å²) in [5.41, 5.74) is 3.41. The Kier molecular flexibility index (Phi) is 7.63. The molecule has 0 saturated heterocycles. The summed E-state index contributed by atoms with van der Waals surface area (Å²) in [6.45, 7) is 0.537. The summed E-state index contributed by atoms with van der Waals surface area (Å²) in [5.74, 6) is 0.892. The van der Waals surface area contributed by atoms with Gasteiger partial charge in [0.15, 0.2) is 0 Å². The van der Waals surface area contributed by atoms with E-state index < -0.39 is 0 Å². The lowest BCUT2D eigenvalue weighted by atomic mass is 9.88. The first-order chi connectivity index (χ1) is 14.6. The van der Waals surface area contributed by atoms with E-state index in [0.717, 1.165) is 22.4 Å². The molecule has 156 valence electrons. The summed E-state index contributed by atoms with van der Waals surface area (Å²) in [4.78, 5) is 15.0. The minimum absolute atomic E-state index is 0.0297. The summed E-state index contributed by atoms with van der Waals surface area (Å²) in [5, 5.41) is 3.15. The average molecular weight is 403 g/mol. The third kappa shape index (κ3) is 5.71. The number of nitrogens with zero attached hydrogens (tertiary/aromatic N) is 1. The highest BCUT2D eigenvalue weighted by Crippen LogP contribution is 2.28. The highest BCUT2D eigenvalue weighted by atomic mass is 16.5. The topological polar surface area (TPSA) is 41.6 Å². The summed E-state index contributed by atoms with van der Waals surface area (Å²) in [6.07, 6.45) is 0.409. The number of ether oxygens (including phenoxy) is 1. The van der Waals surface area contributed by atoms with Crippen LogP contribution in [0.3, 0.4) is 0 Å². The van der Waals surface area contributed by atoms with Crippen LogP contribution in [-0.2, 0) is 4.79 Å². The lowest BCUT2D eigenvalue weighted by Crippen LogP contribution is -2.35. The van der Waals surface area contributed by atoms with Gasteiger partial charge in [0.1, 0.15) is 5.75 Å². The average Bonchev–Trinajstić information content (AvgIpc) is 2.78. The Morgan fingerprint density at radius 1 is 0.867 bits per heavy atom. The molecular weight excluding hydrogens is 372 g/mol. The molecule has 1 atom stereocenters. The smallest absolute Gasteiger partial charge is 0.221 e.